The van der Waals surface area contributed by atoms with Crippen molar-refractivity contribution < 1.29 is 13.2 Å². The van der Waals surface area contributed by atoms with E-state index < -0.39 is 20.0 Å². The molecule has 20 heavy (non-hydrogen) atoms. The van der Waals surface area contributed by atoms with Crippen molar-refractivity contribution in [3.05, 3.63) is 35.4 Å². The fourth-order valence-electron chi connectivity index (χ4n) is 3.34. The third kappa shape index (κ3) is 3.47. The molecule has 0 atom stereocenters. The fraction of sp³-hybridized carbons (Fsp3) is 0.625. The number of hydrogen-bond acceptors (Lipinski definition) is 1. The number of hydrogen-bond donors (Lipinski definition) is 0. The van der Waals surface area contributed by atoms with Crippen molar-refractivity contribution in [3.8, 4) is 0 Å². The minimum absolute atomic E-state index is 0.359. The maximum Gasteiger partial charge on any atom is 0.200 e. The highest BCUT2D eigenvalue weighted by Gasteiger charge is 2.44. The molecule has 0 radical (unpaired) electrons. The van der Waals surface area contributed by atoms with Crippen molar-refractivity contribution in [2.45, 2.75) is 64.8 Å². The van der Waals surface area contributed by atoms with E-state index in [-0.39, 0.29) is 0 Å². The molecule has 0 N–H and O–H groups in total. The molecule has 1 rings (SSSR count). The fourth-order valence-corrected chi connectivity index (χ4v) is 8.75. The second kappa shape index (κ2) is 6.81. The molecule has 0 bridgehead atoms. The minimum Gasteiger partial charge on any atom is -0.412 e. The summed E-state index contributed by atoms with van der Waals surface area (Å²) in [6.07, 6.45) is 0. The highest BCUT2D eigenvalue weighted by atomic mass is 28.4. The third-order valence-electron chi connectivity index (χ3n) is 4.18. The lowest BCUT2D eigenvalue weighted by atomic mass is 10.2. The van der Waals surface area contributed by atoms with Gasteiger partial charge in [0, 0.05) is 0 Å². The van der Waals surface area contributed by atoms with E-state index in [2.05, 4.69) is 41.5 Å². The van der Waals surface area contributed by atoms with E-state index in [4.69, 9.17) is 4.43 Å². The zero-order chi connectivity index (χ0) is 15.5. The normalized spacial score (nSPS) is 12.8. The van der Waals surface area contributed by atoms with Crippen LogP contribution in [0.2, 0.25) is 16.6 Å². The Hall–Kier alpha value is -0.743. The number of halogens is 2. The minimum atomic E-state index is -1.96. The molecule has 1 nitrogen and oxygen atoms in total. The summed E-state index contributed by atoms with van der Waals surface area (Å²) in [5.41, 5.74) is 2.14. The average Bonchev–Trinajstić information content (AvgIpc) is 2.33. The number of benzene rings is 1. The highest BCUT2D eigenvalue weighted by Crippen LogP contribution is 2.42. The molecule has 1 aromatic carbocycles. The largest absolute Gasteiger partial charge is 0.412 e. The second-order valence-corrected chi connectivity index (χ2v) is 11.8. The molecule has 0 amide bonds. The second-order valence-electron chi connectivity index (χ2n) is 6.35. The molecule has 1 aromatic rings. The highest BCUT2D eigenvalue weighted by molar-refractivity contribution is 6.77. The Morgan fingerprint density at radius 2 is 1.40 bits per heavy atom. The molecule has 0 saturated heterocycles. The SMILES string of the molecule is CC(C)[Si](OCc1ccc(F)c(F)c1)(C(C)C)C(C)C. The molecule has 0 aliphatic carbocycles. The van der Waals surface area contributed by atoms with Gasteiger partial charge in [0.2, 0.25) is 8.32 Å². The molecule has 0 saturated carbocycles. The molecule has 0 heterocycles. The quantitative estimate of drug-likeness (QED) is 0.616. The van der Waals surface area contributed by atoms with Crippen molar-refractivity contribution >= 4 is 8.32 Å². The average molecular weight is 300 g/mol. The van der Waals surface area contributed by atoms with Crippen LogP contribution in [0.1, 0.15) is 47.1 Å². The predicted octanol–water partition coefficient (Wildman–Crippen LogP) is 5.66. The Morgan fingerprint density at radius 3 is 1.80 bits per heavy atom. The van der Waals surface area contributed by atoms with Crippen LogP contribution in [0.15, 0.2) is 18.2 Å². The van der Waals surface area contributed by atoms with E-state index in [0.29, 0.717) is 28.8 Å². The van der Waals surface area contributed by atoms with Crippen molar-refractivity contribution in [1.29, 1.82) is 0 Å². The summed E-state index contributed by atoms with van der Waals surface area (Å²) in [6, 6.07) is 3.99. The van der Waals surface area contributed by atoms with Gasteiger partial charge in [-0.05, 0) is 34.3 Å². The van der Waals surface area contributed by atoms with Crippen molar-refractivity contribution in [3.63, 3.8) is 0 Å². The van der Waals surface area contributed by atoms with Gasteiger partial charge in [0.05, 0.1) is 6.61 Å². The molecule has 0 fully saturated rings. The monoisotopic (exact) mass is 300 g/mol. The lowest BCUT2D eigenvalue weighted by Gasteiger charge is -2.42. The summed E-state index contributed by atoms with van der Waals surface area (Å²) in [4.78, 5) is 0. The van der Waals surface area contributed by atoms with Crippen LogP contribution in [0.4, 0.5) is 8.78 Å². The molecule has 0 unspecified atom stereocenters. The maximum absolute atomic E-state index is 13.3. The van der Waals surface area contributed by atoms with E-state index in [1.54, 1.807) is 6.07 Å². The van der Waals surface area contributed by atoms with Crippen molar-refractivity contribution in [2.75, 3.05) is 0 Å². The zero-order valence-corrected chi connectivity index (χ0v) is 14.3. The first-order chi connectivity index (χ1) is 9.21. The first-order valence-corrected chi connectivity index (χ1v) is 9.43. The van der Waals surface area contributed by atoms with Crippen molar-refractivity contribution in [1.82, 2.24) is 0 Å². The molecule has 0 aliphatic heterocycles. The first kappa shape index (κ1) is 17.3. The topological polar surface area (TPSA) is 9.23 Å². The van der Waals surface area contributed by atoms with Gasteiger partial charge in [-0.25, -0.2) is 8.78 Å². The van der Waals surface area contributed by atoms with E-state index >= 15 is 0 Å². The molecule has 114 valence electrons. The van der Waals surface area contributed by atoms with Gasteiger partial charge in [-0.3, -0.25) is 0 Å². The van der Waals surface area contributed by atoms with Crippen molar-refractivity contribution in [2.24, 2.45) is 0 Å². The van der Waals surface area contributed by atoms with E-state index in [0.717, 1.165) is 6.07 Å². The third-order valence-corrected chi connectivity index (χ3v) is 10.2. The lowest BCUT2D eigenvalue weighted by Crippen LogP contribution is -2.47. The summed E-state index contributed by atoms with van der Waals surface area (Å²) in [7, 11) is -1.96. The first-order valence-electron chi connectivity index (χ1n) is 7.29. The van der Waals surface area contributed by atoms with Gasteiger partial charge in [0.15, 0.2) is 11.6 Å². The van der Waals surface area contributed by atoms with E-state index in [9.17, 15) is 8.78 Å². The molecular formula is C16H26F2OSi. The van der Waals surface area contributed by atoms with Crippen LogP contribution in [0.5, 0.6) is 0 Å². The van der Waals surface area contributed by atoms with Crippen LogP contribution >= 0.6 is 0 Å². The summed E-state index contributed by atoms with van der Waals surface area (Å²) in [6.45, 7) is 13.6. The Morgan fingerprint density at radius 1 is 0.900 bits per heavy atom. The van der Waals surface area contributed by atoms with Gasteiger partial charge in [-0.15, -0.1) is 0 Å². The van der Waals surface area contributed by atoms with E-state index in [1.807, 2.05) is 0 Å². The molecule has 0 spiro atoms. The summed E-state index contributed by atoms with van der Waals surface area (Å²) < 4.78 is 32.6. The molecule has 0 aliphatic rings. The molecule has 0 aromatic heterocycles. The van der Waals surface area contributed by atoms with Gasteiger partial charge < -0.3 is 4.43 Å². The van der Waals surface area contributed by atoms with Crippen LogP contribution in [0.3, 0.4) is 0 Å². The number of rotatable bonds is 6. The Kier molecular flexibility index (Phi) is 5.89. The Bertz CT molecular complexity index is 422. The predicted molar refractivity (Wildman–Crippen MR) is 82.2 cm³/mol. The van der Waals surface area contributed by atoms with Crippen LogP contribution < -0.4 is 0 Å². The van der Waals surface area contributed by atoms with Crippen LogP contribution in [0, 0.1) is 11.6 Å². The molecular weight excluding hydrogens is 274 g/mol. The smallest absolute Gasteiger partial charge is 0.200 e. The van der Waals surface area contributed by atoms with Gasteiger partial charge in [-0.1, -0.05) is 47.6 Å². The standard InChI is InChI=1S/C16H26F2OSi/c1-11(2)20(12(3)4,13(5)6)19-10-14-7-8-15(17)16(18)9-14/h7-9,11-13H,10H2,1-6H3. The van der Waals surface area contributed by atoms with Crippen LogP contribution in [-0.2, 0) is 11.0 Å². The zero-order valence-electron chi connectivity index (χ0n) is 13.3. The van der Waals surface area contributed by atoms with Crippen LogP contribution in [0.25, 0.3) is 0 Å². The van der Waals surface area contributed by atoms with Gasteiger partial charge in [0.25, 0.3) is 0 Å². The summed E-state index contributed by atoms with van der Waals surface area (Å²) in [5, 5.41) is 0. The lowest BCUT2D eigenvalue weighted by molar-refractivity contribution is 0.265. The van der Waals surface area contributed by atoms with Gasteiger partial charge in [0.1, 0.15) is 0 Å². The van der Waals surface area contributed by atoms with Gasteiger partial charge >= 0.3 is 0 Å². The maximum atomic E-state index is 13.3. The summed E-state index contributed by atoms with van der Waals surface area (Å²) in [5.74, 6) is -1.62. The van der Waals surface area contributed by atoms with Gasteiger partial charge in [-0.2, -0.15) is 0 Å². The Balaban J connectivity index is 2.94. The molecule has 4 heteroatoms. The van der Waals surface area contributed by atoms with Crippen LogP contribution in [-0.4, -0.2) is 8.32 Å². The Labute approximate surface area is 122 Å². The summed E-state index contributed by atoms with van der Waals surface area (Å²) >= 11 is 0. The van der Waals surface area contributed by atoms with E-state index in [1.165, 1.54) is 6.07 Å².